The molecule has 3 aromatic heterocycles. The largest absolute Gasteiger partial charge is 0.383 e. The number of rotatable bonds is 30. The summed E-state index contributed by atoms with van der Waals surface area (Å²) in [6.07, 6.45) is 4.01. The van der Waals surface area contributed by atoms with E-state index in [4.69, 9.17) is 34.4 Å². The van der Waals surface area contributed by atoms with Crippen molar-refractivity contribution in [2.75, 3.05) is 117 Å². The molecule has 0 atom stereocenters. The lowest BCUT2D eigenvalue weighted by Gasteiger charge is -2.21. The summed E-state index contributed by atoms with van der Waals surface area (Å²) in [5.74, 6) is 2.77. The Balaban J connectivity index is 0.000000168. The van der Waals surface area contributed by atoms with Gasteiger partial charge in [0, 0.05) is 62.5 Å². The van der Waals surface area contributed by atoms with Gasteiger partial charge in [-0.1, -0.05) is 118 Å². The lowest BCUT2D eigenvalue weighted by atomic mass is 10.0. The summed E-state index contributed by atoms with van der Waals surface area (Å²) in [7, 11) is 1.59. The first-order chi connectivity index (χ1) is 59.0. The highest BCUT2D eigenvalue weighted by Gasteiger charge is 2.25. The zero-order valence-corrected chi connectivity index (χ0v) is 67.4. The van der Waals surface area contributed by atoms with Gasteiger partial charge in [-0.15, -0.1) is 0 Å². The van der Waals surface area contributed by atoms with E-state index in [0.717, 1.165) is 73.2 Å². The third-order valence-electron chi connectivity index (χ3n) is 20.2. The van der Waals surface area contributed by atoms with Crippen LogP contribution in [0, 0.1) is 71.8 Å². The van der Waals surface area contributed by atoms with Gasteiger partial charge in [0.25, 0.3) is 0 Å². The standard InChI is InChI=1S/C32H28N6O5.C32H28N6O4.C27H26N6O4/c1-18-27(33-2)31(35-16-17-43-3)36-32(34-15-14-19-8-5-4-6-9-19)28(18)38-37-21-11-7-10-20-24(21)30(42)26-23(40)13-12-22(39)25(26)29(20)41;1-4-16-34-32-28(18(2)27(33-3)31(36-32)35-17-15-19-9-6-5-7-10-19)38-37-21-12-8-11-20-24(21)30(42)26-23(40)14-13-22(39)25(26)29(20)41;1-5-12-29-26-22(28-4)14(3)23(27(31-26)30-13-6-2)33-32-16-9-7-8-15-19(16)25(37)21-18(35)11-10-17(34)20(21)24(15)36/h4-13,37-38H,14-17H2,1,3H3,(H2,34,35,36);5-14,37-38H,4,15-17H2,1-2H3,(H2,34,35,36);7-11,32-33H,5-6,12-13H2,1-3H3,(H2,29,30,31). The Bertz CT molecular complexity index is 7480. The normalized spacial score (nSPS) is 10.9. The van der Waals surface area contributed by atoms with E-state index in [1.165, 1.54) is 18.2 Å². The molecule has 0 aliphatic heterocycles. The predicted octanol–water partition coefficient (Wildman–Crippen LogP) is 10.6. The van der Waals surface area contributed by atoms with Crippen molar-refractivity contribution in [3.63, 3.8) is 0 Å². The van der Waals surface area contributed by atoms with Crippen LogP contribution >= 0.6 is 0 Å². The van der Waals surface area contributed by atoms with Crippen LogP contribution in [0.25, 0.3) is 46.9 Å². The fraction of sp³-hybridized carbons (Fsp3) is 0.209. The molecule has 0 bridgehead atoms. The fourth-order valence-corrected chi connectivity index (χ4v) is 14.1. The van der Waals surface area contributed by atoms with Crippen LogP contribution < -0.4 is 130 Å². The maximum Gasteiger partial charge on any atom is 0.233 e. The molecule has 31 nitrogen and oxygen atoms in total. The molecule has 6 aliphatic carbocycles. The first-order valence-electron chi connectivity index (χ1n) is 39.1. The van der Waals surface area contributed by atoms with Gasteiger partial charge in [-0.3, -0.25) is 73.8 Å². The Labute approximate surface area is 693 Å². The lowest BCUT2D eigenvalue weighted by molar-refractivity contribution is 0.210. The number of pyridine rings is 3. The van der Waals surface area contributed by atoms with Crippen LogP contribution in [0.15, 0.2) is 209 Å². The molecule has 0 radical (unpaired) electrons. The number of nitrogens with zero attached hydrogens (tertiary/aromatic N) is 6. The summed E-state index contributed by atoms with van der Waals surface area (Å²) < 4.78 is 5.13. The zero-order chi connectivity index (χ0) is 87.0. The van der Waals surface area contributed by atoms with E-state index in [0.29, 0.717) is 138 Å². The van der Waals surface area contributed by atoms with Crippen molar-refractivity contribution < 1.29 is 4.74 Å². The minimum absolute atomic E-state index is 0.00415. The van der Waals surface area contributed by atoms with Crippen molar-refractivity contribution in [1.29, 1.82) is 0 Å². The minimum atomic E-state index is -0.715. The average Bonchev–Trinajstić information content (AvgIpc) is 0.745. The van der Waals surface area contributed by atoms with Crippen molar-refractivity contribution in [2.45, 2.75) is 73.6 Å². The average molecular weight is 1640 g/mol. The summed E-state index contributed by atoms with van der Waals surface area (Å²) in [6, 6.07) is 39.8. The lowest BCUT2D eigenvalue weighted by Crippen LogP contribution is -2.28. The highest BCUT2D eigenvalue weighted by molar-refractivity contribution is 5.98. The molecule has 122 heavy (non-hydrogen) atoms. The Morgan fingerprint density at radius 3 is 0.844 bits per heavy atom. The van der Waals surface area contributed by atoms with Crippen LogP contribution in [-0.4, -0.2) is 67.9 Å². The van der Waals surface area contributed by atoms with Crippen molar-refractivity contribution >= 4 is 118 Å². The van der Waals surface area contributed by atoms with Crippen molar-refractivity contribution in [2.24, 2.45) is 0 Å². The third kappa shape index (κ3) is 17.5. The first-order valence-corrected chi connectivity index (χ1v) is 39.1. The number of benzene rings is 5. The Morgan fingerprint density at radius 2 is 0.566 bits per heavy atom. The second kappa shape index (κ2) is 38.4. The maximum atomic E-state index is 13.5. The summed E-state index contributed by atoms with van der Waals surface area (Å²) >= 11 is 0. The van der Waals surface area contributed by atoms with Crippen LogP contribution in [0.1, 0.15) is 67.9 Å². The molecule has 0 saturated carbocycles. The SMILES string of the molecule is [C-]#[N+]c1c(NCCC)nc(NCCC)c(NNc2cccc3c(=O)c4c(=O)ccc(=O)c=4c(=O)c23)c1C.[C-]#[N+]c1c(NCCOC)nc(NCCc2ccccc2)c(NNc2cccc3c(=O)c4c(=O)ccc(=O)c=4c(=O)c23)c1C.[C-]#[N+]c1c(NCCc2ccccc2)nc(NCCC)c(NNc2cccc3c(=O)c4c(=O)ccc(=O)c=4c(=O)c23)c1C. The smallest absolute Gasteiger partial charge is 0.233 e. The van der Waals surface area contributed by atoms with Gasteiger partial charge in [0.2, 0.25) is 33.3 Å². The summed E-state index contributed by atoms with van der Waals surface area (Å²) in [4.78, 5) is 180. The van der Waals surface area contributed by atoms with Crippen molar-refractivity contribution in [1.82, 2.24) is 15.0 Å². The number of anilines is 12. The van der Waals surface area contributed by atoms with Crippen molar-refractivity contribution in [3.8, 4) is 0 Å². The van der Waals surface area contributed by atoms with Gasteiger partial charge < -0.3 is 52.9 Å². The van der Waals surface area contributed by atoms with Crippen LogP contribution in [0.5, 0.6) is 0 Å². The summed E-state index contributed by atoms with van der Waals surface area (Å²) in [5.41, 5.74) is 17.2. The number of hydrogen-bond donors (Lipinski definition) is 12. The summed E-state index contributed by atoms with van der Waals surface area (Å²) in [6.45, 7) is 38.7. The number of fused-ring (bicyclic) bond motifs is 3. The van der Waals surface area contributed by atoms with Gasteiger partial charge in [0.15, 0.2) is 66.3 Å². The molecule has 3 heterocycles. The quantitative estimate of drug-likeness (QED) is 0.0113. The molecule has 8 aromatic rings. The highest BCUT2D eigenvalue weighted by Crippen LogP contribution is 2.41. The molecule has 614 valence electrons. The Morgan fingerprint density at radius 1 is 0.303 bits per heavy atom. The van der Waals surface area contributed by atoms with E-state index in [9.17, 15) is 57.5 Å². The molecule has 0 amide bonds. The molecular weight excluding hydrogens is 1550 g/mol. The molecule has 5 aromatic carbocycles. The van der Waals surface area contributed by atoms with Gasteiger partial charge in [-0.25, -0.2) is 29.5 Å². The number of ether oxygens (including phenoxy) is 1. The van der Waals surface area contributed by atoms with Crippen LogP contribution in [0.2, 0.25) is 0 Å². The van der Waals surface area contributed by atoms with E-state index >= 15 is 0 Å². The van der Waals surface area contributed by atoms with Crippen LogP contribution in [0.3, 0.4) is 0 Å². The molecule has 6 aliphatic rings. The zero-order valence-electron chi connectivity index (χ0n) is 67.4. The number of hydrazine groups is 3. The molecule has 0 spiro atoms. The topological polar surface area (TPSA) is 410 Å². The Hall–Kier alpha value is -15.9. The molecular formula is C91H82N18O13. The maximum absolute atomic E-state index is 13.5. The molecule has 14 rings (SSSR count). The van der Waals surface area contributed by atoms with Crippen molar-refractivity contribution in [3.05, 3.63) is 368 Å². The van der Waals surface area contributed by atoms with Gasteiger partial charge in [0.1, 0.15) is 17.5 Å². The van der Waals surface area contributed by atoms with E-state index in [1.807, 2.05) is 81.4 Å². The fourth-order valence-electron chi connectivity index (χ4n) is 14.1. The summed E-state index contributed by atoms with van der Waals surface area (Å²) in [5, 5.41) is 17.1. The van der Waals surface area contributed by atoms with Gasteiger partial charge in [-0.2, -0.15) is 0 Å². The minimum Gasteiger partial charge on any atom is -0.383 e. The molecule has 31 heteroatoms. The van der Waals surface area contributed by atoms with Gasteiger partial charge >= 0.3 is 0 Å². The highest BCUT2D eigenvalue weighted by atomic mass is 16.5. The van der Waals surface area contributed by atoms with E-state index in [1.54, 1.807) is 64.3 Å². The number of aromatic nitrogens is 3. The van der Waals surface area contributed by atoms with E-state index < -0.39 is 96.5 Å². The molecule has 0 unspecified atom stereocenters. The molecule has 0 saturated heterocycles. The molecule has 12 N–H and O–H groups in total. The van der Waals surface area contributed by atoms with Gasteiger partial charge in [0.05, 0.1) is 108 Å². The van der Waals surface area contributed by atoms with E-state index in [-0.39, 0.29) is 49.4 Å². The predicted molar refractivity (Wildman–Crippen MR) is 482 cm³/mol. The second-order valence-corrected chi connectivity index (χ2v) is 28.2. The first kappa shape index (κ1) is 85.4. The third-order valence-corrected chi connectivity index (χ3v) is 20.2. The molecule has 0 fully saturated rings. The monoisotopic (exact) mass is 1630 g/mol. The van der Waals surface area contributed by atoms with Crippen LogP contribution in [0.4, 0.5) is 86.1 Å². The van der Waals surface area contributed by atoms with Crippen LogP contribution in [-0.2, 0) is 17.6 Å². The Kier molecular flexibility index (Phi) is 26.9. The van der Waals surface area contributed by atoms with E-state index in [2.05, 4.69) is 84.0 Å². The van der Waals surface area contributed by atoms with Gasteiger partial charge in [-0.05, 0) is 135 Å². The number of nitrogens with one attached hydrogen (secondary N) is 12. The second-order valence-electron chi connectivity index (χ2n) is 28.2. The number of hydrogen-bond acceptors (Lipinski definition) is 28. The number of methoxy groups -OCH3 is 1.